The molecule has 0 amide bonds. The normalized spacial score (nSPS) is 10.5. The van der Waals surface area contributed by atoms with Gasteiger partial charge in [0.2, 0.25) is 0 Å². The van der Waals surface area contributed by atoms with Crippen LogP contribution in [0.3, 0.4) is 0 Å². The molecule has 0 N–H and O–H groups in total. The van der Waals surface area contributed by atoms with Gasteiger partial charge in [0, 0.05) is 25.4 Å². The molecule has 2 heterocycles. The van der Waals surface area contributed by atoms with Crippen molar-refractivity contribution in [1.82, 2.24) is 19.7 Å². The molecule has 0 fully saturated rings. The molecule has 0 radical (unpaired) electrons. The lowest BCUT2D eigenvalue weighted by atomic mass is 10.1. The first-order valence-corrected chi connectivity index (χ1v) is 5.15. The second kappa shape index (κ2) is 4.68. The van der Waals surface area contributed by atoms with Crippen LogP contribution in [-0.4, -0.2) is 19.7 Å². The van der Waals surface area contributed by atoms with Crippen molar-refractivity contribution in [2.24, 2.45) is 0 Å². The van der Waals surface area contributed by atoms with Crippen LogP contribution in [0.1, 0.15) is 18.3 Å². The first kappa shape index (κ1) is 9.83. The fourth-order valence-electron chi connectivity index (χ4n) is 1.54. The van der Waals surface area contributed by atoms with Crippen LogP contribution in [0.5, 0.6) is 0 Å². The molecule has 4 heteroatoms. The van der Waals surface area contributed by atoms with Crippen LogP contribution in [-0.2, 0) is 19.4 Å². The monoisotopic (exact) mass is 202 g/mol. The van der Waals surface area contributed by atoms with Crippen LogP contribution in [0.4, 0.5) is 0 Å². The number of aryl methyl sites for hydroxylation is 3. The highest BCUT2D eigenvalue weighted by molar-refractivity contribution is 5.10. The van der Waals surface area contributed by atoms with E-state index < -0.39 is 0 Å². The van der Waals surface area contributed by atoms with Crippen molar-refractivity contribution in [1.29, 1.82) is 0 Å². The van der Waals surface area contributed by atoms with E-state index >= 15 is 0 Å². The van der Waals surface area contributed by atoms with E-state index in [-0.39, 0.29) is 0 Å². The van der Waals surface area contributed by atoms with Gasteiger partial charge in [-0.1, -0.05) is 0 Å². The molecule has 0 unspecified atom stereocenters. The molecule has 0 aromatic carbocycles. The second-order valence-electron chi connectivity index (χ2n) is 3.39. The topological polar surface area (TPSA) is 43.6 Å². The summed E-state index contributed by atoms with van der Waals surface area (Å²) in [6.45, 7) is 3.03. The number of hydrogen-bond acceptors (Lipinski definition) is 3. The number of aromatic nitrogens is 4. The Morgan fingerprint density at radius 1 is 1.20 bits per heavy atom. The van der Waals surface area contributed by atoms with Crippen molar-refractivity contribution in [2.45, 2.75) is 26.3 Å². The van der Waals surface area contributed by atoms with E-state index in [1.165, 1.54) is 5.56 Å². The number of rotatable bonds is 4. The standard InChI is InChI=1S/C11H14N4/c1-2-15-9-13-14-11(15)4-3-10-5-7-12-8-6-10/h5-9H,2-4H2,1H3. The summed E-state index contributed by atoms with van der Waals surface area (Å²) in [7, 11) is 0. The summed E-state index contributed by atoms with van der Waals surface area (Å²) in [4.78, 5) is 3.99. The molecule has 2 aromatic rings. The van der Waals surface area contributed by atoms with E-state index in [2.05, 4.69) is 26.7 Å². The van der Waals surface area contributed by atoms with Crippen molar-refractivity contribution >= 4 is 0 Å². The minimum absolute atomic E-state index is 0.928. The zero-order valence-electron chi connectivity index (χ0n) is 8.80. The van der Waals surface area contributed by atoms with Crippen molar-refractivity contribution in [2.75, 3.05) is 0 Å². The molecule has 0 atom stereocenters. The summed E-state index contributed by atoms with van der Waals surface area (Å²) < 4.78 is 2.07. The molecule has 0 bridgehead atoms. The molecular weight excluding hydrogens is 188 g/mol. The zero-order valence-corrected chi connectivity index (χ0v) is 8.80. The van der Waals surface area contributed by atoms with Crippen molar-refractivity contribution in [3.8, 4) is 0 Å². The lowest BCUT2D eigenvalue weighted by Gasteiger charge is -2.02. The van der Waals surface area contributed by atoms with Gasteiger partial charge in [-0.05, 0) is 31.0 Å². The summed E-state index contributed by atoms with van der Waals surface area (Å²) in [5.41, 5.74) is 1.29. The van der Waals surface area contributed by atoms with Crippen LogP contribution in [0.15, 0.2) is 30.9 Å². The van der Waals surface area contributed by atoms with E-state index in [9.17, 15) is 0 Å². The molecule has 2 rings (SSSR count). The van der Waals surface area contributed by atoms with Crippen molar-refractivity contribution in [3.05, 3.63) is 42.2 Å². The maximum absolute atomic E-state index is 4.10. The Bertz CT molecular complexity index is 408. The second-order valence-corrected chi connectivity index (χ2v) is 3.39. The highest BCUT2D eigenvalue weighted by atomic mass is 15.3. The molecule has 4 nitrogen and oxygen atoms in total. The van der Waals surface area contributed by atoms with Crippen LogP contribution in [0, 0.1) is 0 Å². The van der Waals surface area contributed by atoms with Gasteiger partial charge < -0.3 is 4.57 Å². The molecular formula is C11H14N4. The molecule has 0 aliphatic carbocycles. The van der Waals surface area contributed by atoms with Gasteiger partial charge in [-0.25, -0.2) is 0 Å². The first-order valence-electron chi connectivity index (χ1n) is 5.15. The Labute approximate surface area is 89.0 Å². The molecule has 0 saturated carbocycles. The van der Waals surface area contributed by atoms with Gasteiger partial charge in [0.25, 0.3) is 0 Å². The number of nitrogens with zero attached hydrogens (tertiary/aromatic N) is 4. The fourth-order valence-corrected chi connectivity index (χ4v) is 1.54. The summed E-state index contributed by atoms with van der Waals surface area (Å²) in [5, 5.41) is 8.01. The molecule has 0 saturated heterocycles. The Kier molecular flexibility index (Phi) is 3.07. The molecule has 15 heavy (non-hydrogen) atoms. The summed E-state index contributed by atoms with van der Waals surface area (Å²) in [5.74, 6) is 1.05. The van der Waals surface area contributed by atoms with E-state index in [0.717, 1.165) is 25.2 Å². The number of pyridine rings is 1. The average molecular weight is 202 g/mol. The van der Waals surface area contributed by atoms with Crippen LogP contribution >= 0.6 is 0 Å². The van der Waals surface area contributed by atoms with Gasteiger partial charge in [-0.2, -0.15) is 0 Å². The molecule has 78 valence electrons. The first-order chi connectivity index (χ1) is 7.40. The highest BCUT2D eigenvalue weighted by Gasteiger charge is 2.02. The maximum atomic E-state index is 4.10. The average Bonchev–Trinajstić information content (AvgIpc) is 2.75. The molecule has 2 aromatic heterocycles. The smallest absolute Gasteiger partial charge is 0.133 e. The van der Waals surface area contributed by atoms with E-state index in [0.29, 0.717) is 0 Å². The SMILES string of the molecule is CCn1cnnc1CCc1ccncc1. The third-order valence-electron chi connectivity index (χ3n) is 2.42. The van der Waals surface area contributed by atoms with Gasteiger partial charge in [0.15, 0.2) is 0 Å². The van der Waals surface area contributed by atoms with Crippen LogP contribution in [0.25, 0.3) is 0 Å². The summed E-state index contributed by atoms with van der Waals surface area (Å²) in [6.07, 6.45) is 7.33. The Morgan fingerprint density at radius 2 is 2.00 bits per heavy atom. The largest absolute Gasteiger partial charge is 0.318 e. The predicted octanol–water partition coefficient (Wildman–Crippen LogP) is 1.48. The summed E-state index contributed by atoms with van der Waals surface area (Å²) in [6, 6.07) is 4.07. The van der Waals surface area contributed by atoms with E-state index in [1.807, 2.05) is 24.5 Å². The third kappa shape index (κ3) is 2.40. The zero-order chi connectivity index (χ0) is 10.5. The minimum Gasteiger partial charge on any atom is -0.318 e. The summed E-state index contributed by atoms with van der Waals surface area (Å²) >= 11 is 0. The van der Waals surface area contributed by atoms with Crippen LogP contribution < -0.4 is 0 Å². The third-order valence-corrected chi connectivity index (χ3v) is 2.42. The van der Waals surface area contributed by atoms with Gasteiger partial charge in [0.1, 0.15) is 12.2 Å². The fraction of sp³-hybridized carbons (Fsp3) is 0.364. The lowest BCUT2D eigenvalue weighted by molar-refractivity contribution is 0.689. The van der Waals surface area contributed by atoms with Crippen molar-refractivity contribution < 1.29 is 0 Å². The maximum Gasteiger partial charge on any atom is 0.133 e. The van der Waals surface area contributed by atoms with E-state index in [4.69, 9.17) is 0 Å². The minimum atomic E-state index is 0.928. The van der Waals surface area contributed by atoms with Crippen LogP contribution in [0.2, 0.25) is 0 Å². The Balaban J connectivity index is 1.99. The quantitative estimate of drug-likeness (QED) is 0.754. The van der Waals surface area contributed by atoms with Gasteiger partial charge in [0.05, 0.1) is 0 Å². The van der Waals surface area contributed by atoms with E-state index in [1.54, 1.807) is 6.33 Å². The lowest BCUT2D eigenvalue weighted by Crippen LogP contribution is -2.02. The molecule has 0 aliphatic rings. The molecule has 0 aliphatic heterocycles. The predicted molar refractivity (Wildman–Crippen MR) is 57.3 cm³/mol. The Morgan fingerprint density at radius 3 is 2.73 bits per heavy atom. The highest BCUT2D eigenvalue weighted by Crippen LogP contribution is 2.03. The Hall–Kier alpha value is -1.71. The van der Waals surface area contributed by atoms with Gasteiger partial charge >= 0.3 is 0 Å². The molecule has 0 spiro atoms. The van der Waals surface area contributed by atoms with Crippen molar-refractivity contribution in [3.63, 3.8) is 0 Å². The van der Waals surface area contributed by atoms with Gasteiger partial charge in [-0.3, -0.25) is 4.98 Å². The number of hydrogen-bond donors (Lipinski definition) is 0. The van der Waals surface area contributed by atoms with Gasteiger partial charge in [-0.15, -0.1) is 10.2 Å².